The number of hydrogen-bond donors (Lipinski definition) is 2. The number of anilines is 1. The summed E-state index contributed by atoms with van der Waals surface area (Å²) in [6, 6.07) is 4.54. The molecule has 1 aromatic heterocycles. The molecule has 0 fully saturated rings. The summed E-state index contributed by atoms with van der Waals surface area (Å²) in [4.78, 5) is 17.6. The van der Waals surface area contributed by atoms with Crippen molar-refractivity contribution in [2.24, 2.45) is 5.41 Å². The number of fused-ring (bicyclic) bond motifs is 1. The highest BCUT2D eigenvalue weighted by atomic mass is 35.5. The van der Waals surface area contributed by atoms with Gasteiger partial charge in [-0.15, -0.1) is 11.6 Å². The van der Waals surface area contributed by atoms with Crippen LogP contribution in [-0.4, -0.2) is 27.3 Å². The van der Waals surface area contributed by atoms with Crippen molar-refractivity contribution in [3.05, 3.63) is 28.3 Å². The Bertz CT molecular complexity index is 609. The summed E-state index contributed by atoms with van der Waals surface area (Å²) in [5.74, 6) is 1.12. The van der Waals surface area contributed by atoms with Crippen molar-refractivity contribution in [3.8, 4) is 0 Å². The van der Waals surface area contributed by atoms with E-state index < -0.39 is 4.92 Å². The second kappa shape index (κ2) is 5.05. The molecule has 0 atom stereocenters. The average molecular weight is 283 g/mol. The van der Waals surface area contributed by atoms with Gasteiger partial charge in [0.1, 0.15) is 0 Å². The van der Waals surface area contributed by atoms with E-state index in [1.54, 1.807) is 6.07 Å². The lowest BCUT2D eigenvalue weighted by Crippen LogP contribution is -2.25. The van der Waals surface area contributed by atoms with Crippen molar-refractivity contribution >= 4 is 34.3 Å². The number of halogens is 1. The molecular formula is C12H15ClN4O2. The Morgan fingerprint density at radius 3 is 2.89 bits per heavy atom. The summed E-state index contributed by atoms with van der Waals surface area (Å²) in [5, 5.41) is 13.8. The topological polar surface area (TPSA) is 83.8 Å². The van der Waals surface area contributed by atoms with Crippen molar-refractivity contribution in [1.29, 1.82) is 0 Å². The maximum Gasteiger partial charge on any atom is 0.271 e. The Kier molecular flexibility index (Phi) is 3.61. The number of benzene rings is 1. The standard InChI is InChI=1S/C12H15ClN4O2/c1-12(2,6-13)7-14-11-15-9-4-3-8(17(18)19)5-10(9)16-11/h3-5H,6-7H2,1-2H3,(H2,14,15,16). The Morgan fingerprint density at radius 1 is 1.53 bits per heavy atom. The molecule has 7 heteroatoms. The molecule has 0 aliphatic carbocycles. The first kappa shape index (κ1) is 13.6. The number of aromatic nitrogens is 2. The number of H-pyrrole nitrogens is 1. The number of nitrogens with one attached hydrogen (secondary N) is 2. The lowest BCUT2D eigenvalue weighted by molar-refractivity contribution is -0.384. The first-order valence-electron chi connectivity index (χ1n) is 5.85. The van der Waals surface area contributed by atoms with Gasteiger partial charge in [-0.3, -0.25) is 10.1 Å². The van der Waals surface area contributed by atoms with Crippen LogP contribution in [0.3, 0.4) is 0 Å². The normalized spacial score (nSPS) is 11.7. The highest BCUT2D eigenvalue weighted by Crippen LogP contribution is 2.22. The van der Waals surface area contributed by atoms with E-state index in [1.807, 2.05) is 13.8 Å². The number of nitrogens with zero attached hydrogens (tertiary/aromatic N) is 2. The molecule has 0 aliphatic rings. The summed E-state index contributed by atoms with van der Waals surface area (Å²) in [7, 11) is 0. The van der Waals surface area contributed by atoms with Crippen LogP contribution in [0.15, 0.2) is 18.2 Å². The fourth-order valence-corrected chi connectivity index (χ4v) is 1.66. The van der Waals surface area contributed by atoms with E-state index in [0.29, 0.717) is 29.4 Å². The number of nitro groups is 1. The zero-order valence-corrected chi connectivity index (χ0v) is 11.5. The molecule has 2 rings (SSSR count). The van der Waals surface area contributed by atoms with Crippen molar-refractivity contribution in [1.82, 2.24) is 9.97 Å². The molecule has 0 bridgehead atoms. The van der Waals surface area contributed by atoms with Crippen molar-refractivity contribution in [3.63, 3.8) is 0 Å². The largest absolute Gasteiger partial charge is 0.355 e. The maximum absolute atomic E-state index is 10.7. The molecule has 0 unspecified atom stereocenters. The van der Waals surface area contributed by atoms with Gasteiger partial charge < -0.3 is 10.3 Å². The monoisotopic (exact) mass is 282 g/mol. The molecule has 0 spiro atoms. The summed E-state index contributed by atoms with van der Waals surface area (Å²) >= 11 is 5.85. The molecule has 6 nitrogen and oxygen atoms in total. The molecule has 0 amide bonds. The van der Waals surface area contributed by atoms with Crippen LogP contribution in [0, 0.1) is 15.5 Å². The molecule has 0 saturated heterocycles. The highest BCUT2D eigenvalue weighted by Gasteiger charge is 2.17. The number of rotatable bonds is 5. The van der Waals surface area contributed by atoms with Gasteiger partial charge in [0, 0.05) is 24.6 Å². The average Bonchev–Trinajstić information content (AvgIpc) is 2.78. The number of non-ortho nitro benzene ring substituents is 1. The fourth-order valence-electron chi connectivity index (χ4n) is 1.57. The zero-order chi connectivity index (χ0) is 14.0. The molecular weight excluding hydrogens is 268 g/mol. The highest BCUT2D eigenvalue weighted by molar-refractivity contribution is 6.18. The van der Waals surface area contributed by atoms with Gasteiger partial charge in [0.2, 0.25) is 5.95 Å². The molecule has 2 aromatic rings. The van der Waals surface area contributed by atoms with E-state index in [4.69, 9.17) is 11.6 Å². The third-order valence-corrected chi connectivity index (χ3v) is 3.50. The lowest BCUT2D eigenvalue weighted by atomic mass is 9.97. The van der Waals surface area contributed by atoms with Crippen LogP contribution in [0.5, 0.6) is 0 Å². The van der Waals surface area contributed by atoms with Gasteiger partial charge in [0.25, 0.3) is 5.69 Å². The molecule has 1 heterocycles. The van der Waals surface area contributed by atoms with Crippen LogP contribution >= 0.6 is 11.6 Å². The second-order valence-electron chi connectivity index (χ2n) is 5.20. The van der Waals surface area contributed by atoms with Gasteiger partial charge >= 0.3 is 0 Å². The summed E-state index contributed by atoms with van der Waals surface area (Å²) < 4.78 is 0. The molecule has 0 radical (unpaired) electrons. The van der Waals surface area contributed by atoms with Crippen LogP contribution in [0.4, 0.5) is 11.6 Å². The van der Waals surface area contributed by atoms with Crippen LogP contribution in [0.2, 0.25) is 0 Å². The number of aromatic amines is 1. The van der Waals surface area contributed by atoms with Gasteiger partial charge in [-0.2, -0.15) is 0 Å². The number of nitro benzene ring substituents is 1. The van der Waals surface area contributed by atoms with Gasteiger partial charge in [-0.05, 0) is 11.5 Å². The van der Waals surface area contributed by atoms with E-state index in [1.165, 1.54) is 12.1 Å². The predicted molar refractivity (Wildman–Crippen MR) is 75.7 cm³/mol. The SMILES string of the molecule is CC(C)(CCl)CNc1nc2ccc([N+](=O)[O-])cc2[nH]1. The van der Waals surface area contributed by atoms with Crippen molar-refractivity contribution < 1.29 is 4.92 Å². The number of alkyl halides is 1. The first-order valence-corrected chi connectivity index (χ1v) is 6.39. The van der Waals surface area contributed by atoms with Gasteiger partial charge in [-0.1, -0.05) is 13.8 Å². The van der Waals surface area contributed by atoms with E-state index in [2.05, 4.69) is 15.3 Å². The summed E-state index contributed by atoms with van der Waals surface area (Å²) in [6.07, 6.45) is 0. The lowest BCUT2D eigenvalue weighted by Gasteiger charge is -2.21. The molecule has 0 aliphatic heterocycles. The summed E-state index contributed by atoms with van der Waals surface area (Å²) in [5.41, 5.74) is 1.33. The Balaban J connectivity index is 2.20. The van der Waals surface area contributed by atoms with E-state index in [9.17, 15) is 10.1 Å². The Morgan fingerprint density at radius 2 is 2.26 bits per heavy atom. The van der Waals surface area contributed by atoms with Gasteiger partial charge in [0.05, 0.1) is 16.0 Å². The third-order valence-electron chi connectivity index (χ3n) is 2.77. The molecule has 19 heavy (non-hydrogen) atoms. The van der Waals surface area contributed by atoms with Crippen LogP contribution in [0.1, 0.15) is 13.8 Å². The number of hydrogen-bond acceptors (Lipinski definition) is 4. The van der Waals surface area contributed by atoms with E-state index in [0.717, 1.165) is 0 Å². The zero-order valence-electron chi connectivity index (χ0n) is 10.7. The Hall–Kier alpha value is -1.82. The maximum atomic E-state index is 10.7. The minimum atomic E-state index is -0.427. The van der Waals surface area contributed by atoms with E-state index in [-0.39, 0.29) is 11.1 Å². The molecule has 1 aromatic carbocycles. The fraction of sp³-hybridized carbons (Fsp3) is 0.417. The minimum Gasteiger partial charge on any atom is -0.355 e. The number of imidazole rings is 1. The summed E-state index contributed by atoms with van der Waals surface area (Å²) in [6.45, 7) is 4.75. The second-order valence-corrected chi connectivity index (χ2v) is 5.46. The van der Waals surface area contributed by atoms with E-state index >= 15 is 0 Å². The quantitative estimate of drug-likeness (QED) is 0.501. The molecule has 102 valence electrons. The molecule has 2 N–H and O–H groups in total. The van der Waals surface area contributed by atoms with Crippen molar-refractivity contribution in [2.45, 2.75) is 13.8 Å². The van der Waals surface area contributed by atoms with Crippen LogP contribution in [0.25, 0.3) is 11.0 Å². The van der Waals surface area contributed by atoms with Gasteiger partial charge in [-0.25, -0.2) is 4.98 Å². The smallest absolute Gasteiger partial charge is 0.271 e. The first-order chi connectivity index (χ1) is 8.91. The van der Waals surface area contributed by atoms with Crippen LogP contribution < -0.4 is 5.32 Å². The van der Waals surface area contributed by atoms with Crippen LogP contribution in [-0.2, 0) is 0 Å². The minimum absolute atomic E-state index is 0.0452. The predicted octanol–water partition coefficient (Wildman–Crippen LogP) is 3.15. The van der Waals surface area contributed by atoms with Crippen molar-refractivity contribution in [2.75, 3.05) is 17.7 Å². The van der Waals surface area contributed by atoms with Gasteiger partial charge in [0.15, 0.2) is 0 Å². The third kappa shape index (κ3) is 3.14. The Labute approximate surface area is 115 Å². The molecule has 0 saturated carbocycles.